The molecule has 0 aliphatic rings. The van der Waals surface area contributed by atoms with Gasteiger partial charge in [0.05, 0.1) is 22.8 Å². The van der Waals surface area contributed by atoms with Crippen LogP contribution in [0.15, 0.2) is 58.5 Å². The molecule has 2 rings (SSSR count). The molecule has 2 aromatic carbocycles. The maximum atomic E-state index is 5.08. The third-order valence-electron chi connectivity index (χ3n) is 10.5. The van der Waals surface area contributed by atoms with E-state index in [-0.39, 0.29) is 16.5 Å². The van der Waals surface area contributed by atoms with Gasteiger partial charge < -0.3 is 0 Å². The van der Waals surface area contributed by atoms with E-state index in [1.165, 1.54) is 167 Å². The summed E-state index contributed by atoms with van der Waals surface area (Å²) in [6, 6.07) is 16.8. The van der Waals surface area contributed by atoms with E-state index in [9.17, 15) is 0 Å². The molecular weight excluding hydrogens is 711 g/mol. The first-order valence-corrected chi connectivity index (χ1v) is 23.0. The van der Waals surface area contributed by atoms with Gasteiger partial charge in [-0.05, 0) is 81.1 Å². The summed E-state index contributed by atoms with van der Waals surface area (Å²) in [6.07, 6.45) is 39.5. The Morgan fingerprint density at radius 1 is 0.400 bits per heavy atom. The predicted octanol–water partition coefficient (Wildman–Crippen LogP) is 17.0. The standard InChI is InChI=1S/C52H80N2.Ni/c1-5-8-11-13-15-17-19-21-23-25-27-29-31-34-36-48-39-43-50(44-40-48)53-47(4)52(38-33-10-7-3)54-51-45-41-49(42-46-51)37-35-32-30-28-26-24-22-20-18-16-14-12-9-6-2;/h39-46H,5-33,38H2,1-4H3;. The molecule has 308 valence electrons. The zero-order valence-electron chi connectivity index (χ0n) is 36.0. The Kier molecular flexibility index (Phi) is 33.9. The molecule has 0 aliphatic heterocycles. The number of hydrogen-bond donors (Lipinski definition) is 0. The normalized spacial score (nSPS) is 11.4. The zero-order chi connectivity index (χ0) is 38.6. The summed E-state index contributed by atoms with van der Waals surface area (Å²) in [5, 5.41) is 0. The summed E-state index contributed by atoms with van der Waals surface area (Å²) in [5.41, 5.74) is 6.13. The topological polar surface area (TPSA) is 24.7 Å². The van der Waals surface area contributed by atoms with Crippen molar-refractivity contribution in [3.05, 3.63) is 59.7 Å². The number of aliphatic imine (C=N–C) groups is 2. The molecule has 0 fully saturated rings. The number of nitrogens with zero attached hydrogens (tertiary/aromatic N) is 2. The van der Waals surface area contributed by atoms with Gasteiger partial charge in [-0.1, -0.05) is 199 Å². The van der Waals surface area contributed by atoms with Crippen molar-refractivity contribution in [1.29, 1.82) is 0 Å². The number of rotatable bonds is 31. The largest absolute Gasteiger partial charge is 0.252 e. The van der Waals surface area contributed by atoms with Crippen molar-refractivity contribution in [1.82, 2.24) is 0 Å². The molecule has 0 aliphatic carbocycles. The Bertz CT molecular complexity index is 1360. The smallest absolute Gasteiger partial charge is 0.0634 e. The fraction of sp³-hybridized carbons (Fsp3) is 0.654. The van der Waals surface area contributed by atoms with Gasteiger partial charge >= 0.3 is 0 Å². The van der Waals surface area contributed by atoms with E-state index >= 15 is 0 Å². The summed E-state index contributed by atoms with van der Waals surface area (Å²) in [5.74, 6) is 13.5. The second kappa shape index (κ2) is 37.0. The summed E-state index contributed by atoms with van der Waals surface area (Å²) >= 11 is 0. The predicted molar refractivity (Wildman–Crippen MR) is 242 cm³/mol. The monoisotopic (exact) mass is 791 g/mol. The van der Waals surface area contributed by atoms with Crippen LogP contribution >= 0.6 is 0 Å². The Morgan fingerprint density at radius 2 is 0.709 bits per heavy atom. The van der Waals surface area contributed by atoms with Crippen LogP contribution in [0.2, 0.25) is 0 Å². The Labute approximate surface area is 351 Å². The van der Waals surface area contributed by atoms with E-state index in [0.717, 1.165) is 59.6 Å². The van der Waals surface area contributed by atoms with Crippen molar-refractivity contribution in [2.24, 2.45) is 9.98 Å². The van der Waals surface area contributed by atoms with Crippen LogP contribution < -0.4 is 0 Å². The van der Waals surface area contributed by atoms with Gasteiger partial charge in [-0.15, -0.1) is 0 Å². The second-order valence-corrected chi connectivity index (χ2v) is 15.7. The van der Waals surface area contributed by atoms with Gasteiger partial charge in [0.2, 0.25) is 0 Å². The molecule has 0 N–H and O–H groups in total. The minimum atomic E-state index is 0. The van der Waals surface area contributed by atoms with Crippen molar-refractivity contribution in [3.63, 3.8) is 0 Å². The number of hydrogen-bond acceptors (Lipinski definition) is 2. The average Bonchev–Trinajstić information content (AvgIpc) is 3.19. The second-order valence-electron chi connectivity index (χ2n) is 15.7. The molecule has 0 bridgehead atoms. The van der Waals surface area contributed by atoms with Crippen molar-refractivity contribution in [2.45, 2.75) is 220 Å². The minimum absolute atomic E-state index is 0. The van der Waals surface area contributed by atoms with Crippen LogP contribution in [0.25, 0.3) is 0 Å². The summed E-state index contributed by atoms with van der Waals surface area (Å²) in [7, 11) is 0. The molecule has 0 spiro atoms. The third-order valence-corrected chi connectivity index (χ3v) is 10.5. The van der Waals surface area contributed by atoms with Crippen molar-refractivity contribution in [3.8, 4) is 23.7 Å². The van der Waals surface area contributed by atoms with E-state index in [4.69, 9.17) is 9.98 Å². The summed E-state index contributed by atoms with van der Waals surface area (Å²) < 4.78 is 0. The molecule has 0 atom stereocenters. The minimum Gasteiger partial charge on any atom is -0.252 e. The SMILES string of the molecule is CCCCCCCCCCCCCCC#Cc1ccc(N=C(C)C(CCCCC)=Nc2ccc(C#CCCCCCCCCCCCCCC)cc2)cc1.[Ni]. The van der Waals surface area contributed by atoms with Crippen LogP contribution in [-0.4, -0.2) is 11.4 Å². The molecule has 55 heavy (non-hydrogen) atoms. The van der Waals surface area contributed by atoms with E-state index in [1.54, 1.807) is 0 Å². The maximum absolute atomic E-state index is 5.08. The molecule has 0 radical (unpaired) electrons. The summed E-state index contributed by atoms with van der Waals surface area (Å²) in [6.45, 7) is 8.93. The molecule has 0 heterocycles. The quantitative estimate of drug-likeness (QED) is 0.0314. The zero-order valence-corrected chi connectivity index (χ0v) is 37.0. The molecule has 0 saturated carbocycles. The molecule has 2 nitrogen and oxygen atoms in total. The number of benzene rings is 2. The molecule has 0 unspecified atom stereocenters. The van der Waals surface area contributed by atoms with Crippen LogP contribution in [0, 0.1) is 23.7 Å². The van der Waals surface area contributed by atoms with E-state index in [1.807, 2.05) is 0 Å². The van der Waals surface area contributed by atoms with Gasteiger partial charge in [-0.2, -0.15) is 0 Å². The van der Waals surface area contributed by atoms with Crippen LogP contribution in [0.1, 0.15) is 231 Å². The van der Waals surface area contributed by atoms with Crippen molar-refractivity contribution < 1.29 is 16.5 Å². The van der Waals surface area contributed by atoms with Crippen LogP contribution in [0.4, 0.5) is 11.4 Å². The van der Waals surface area contributed by atoms with Crippen LogP contribution in [0.5, 0.6) is 0 Å². The van der Waals surface area contributed by atoms with Crippen molar-refractivity contribution in [2.75, 3.05) is 0 Å². The van der Waals surface area contributed by atoms with Gasteiger partial charge in [-0.25, -0.2) is 0 Å². The fourth-order valence-corrected chi connectivity index (χ4v) is 6.95. The molecule has 3 heteroatoms. The molecular formula is C52H80N2Ni. The molecule has 2 aromatic rings. The maximum Gasteiger partial charge on any atom is 0.0634 e. The summed E-state index contributed by atoms with van der Waals surface area (Å²) in [4.78, 5) is 10.1. The van der Waals surface area contributed by atoms with Crippen LogP contribution in [0.3, 0.4) is 0 Å². The fourth-order valence-electron chi connectivity index (χ4n) is 6.95. The Hall–Kier alpha value is -2.61. The van der Waals surface area contributed by atoms with Crippen molar-refractivity contribution >= 4 is 22.8 Å². The van der Waals surface area contributed by atoms with E-state index in [2.05, 4.69) is 99.9 Å². The first-order valence-electron chi connectivity index (χ1n) is 23.0. The van der Waals surface area contributed by atoms with Gasteiger partial charge in [0, 0.05) is 40.5 Å². The Balaban J connectivity index is 0.0000151. The van der Waals surface area contributed by atoms with Gasteiger partial charge in [0.25, 0.3) is 0 Å². The first kappa shape index (κ1) is 50.4. The molecule has 0 amide bonds. The third kappa shape index (κ3) is 28.4. The van der Waals surface area contributed by atoms with E-state index in [0.29, 0.717) is 0 Å². The molecule has 0 aromatic heterocycles. The van der Waals surface area contributed by atoms with Crippen LogP contribution in [-0.2, 0) is 16.5 Å². The number of unbranched alkanes of at least 4 members (excludes halogenated alkanes) is 26. The molecule has 0 saturated heterocycles. The Morgan fingerprint density at radius 3 is 1.07 bits per heavy atom. The first-order chi connectivity index (χ1) is 26.7. The van der Waals surface area contributed by atoms with Gasteiger partial charge in [-0.3, -0.25) is 9.98 Å². The van der Waals surface area contributed by atoms with E-state index < -0.39 is 0 Å². The average molecular weight is 792 g/mol. The van der Waals surface area contributed by atoms with Gasteiger partial charge in [0.15, 0.2) is 0 Å². The van der Waals surface area contributed by atoms with Gasteiger partial charge in [0.1, 0.15) is 0 Å².